The minimum absolute atomic E-state index is 0.0560. The molecule has 0 bridgehead atoms. The number of nitrogen functional groups attached to an aromatic ring is 1. The average Bonchev–Trinajstić information content (AvgIpc) is 1.71. The van der Waals surface area contributed by atoms with Crippen LogP contribution in [0.4, 0.5) is 49.2 Å². The van der Waals surface area contributed by atoms with Crippen molar-refractivity contribution >= 4 is 226 Å². The molecule has 0 aliphatic carbocycles. The lowest BCUT2D eigenvalue weighted by atomic mass is 9.92. The number of benzene rings is 7. The van der Waals surface area contributed by atoms with E-state index in [0.717, 1.165) is 215 Å². The van der Waals surface area contributed by atoms with Crippen LogP contribution in [0.3, 0.4) is 0 Å². The van der Waals surface area contributed by atoms with Gasteiger partial charge in [0.1, 0.15) is 59.8 Å². The number of aryl methyl sites for hydroxylation is 2. The first-order chi connectivity index (χ1) is 67.3. The Bertz CT molecular complexity index is 7550. The summed E-state index contributed by atoms with van der Waals surface area (Å²) >= 11 is 50.7. The zero-order valence-corrected chi connectivity index (χ0v) is 85.0. The molecule has 9 aromatic heterocycles. The number of fused-ring (bicyclic) bond motifs is 7. The molecule has 23 nitrogen and oxygen atoms in total. The van der Waals surface area contributed by atoms with Gasteiger partial charge in [0.2, 0.25) is 0 Å². The number of nitrogens with zero attached hydrogens (tertiary/aromatic N) is 17. The molecule has 0 amide bonds. The Kier molecular flexibility index (Phi) is 29.3. The Morgan fingerprint density at radius 2 is 0.950 bits per heavy atom. The normalized spacial score (nSPS) is 16.4. The Morgan fingerprint density at radius 3 is 1.53 bits per heavy atom. The lowest BCUT2D eigenvalue weighted by Gasteiger charge is -2.35. The molecule has 6 N–H and O–H groups in total. The van der Waals surface area contributed by atoms with Crippen molar-refractivity contribution in [2.75, 3.05) is 122 Å². The number of nitrogens with two attached hydrogens (primary N) is 1. The number of aliphatic imine (C=N–C) groups is 2. The van der Waals surface area contributed by atoms with E-state index < -0.39 is 23.1 Å². The number of hydrogen-bond acceptors (Lipinski definition) is 26. The summed E-state index contributed by atoms with van der Waals surface area (Å²) < 4.78 is 80.1. The van der Waals surface area contributed by atoms with Crippen molar-refractivity contribution in [1.29, 1.82) is 0 Å². The van der Waals surface area contributed by atoms with Crippen LogP contribution < -0.4 is 51.9 Å². The molecule has 139 heavy (non-hydrogen) atoms. The smallest absolute Gasteiger partial charge is 0.355 e. The van der Waals surface area contributed by atoms with E-state index in [4.69, 9.17) is 96.9 Å². The van der Waals surface area contributed by atoms with Gasteiger partial charge >= 0.3 is 5.69 Å². The minimum atomic E-state index is -0.662. The molecule has 5 fully saturated rings. The number of aromatic hydroxyl groups is 1. The van der Waals surface area contributed by atoms with Gasteiger partial charge in [-0.3, -0.25) is 15.0 Å². The van der Waals surface area contributed by atoms with Gasteiger partial charge in [-0.1, -0.05) is 144 Å². The van der Waals surface area contributed by atoms with Crippen LogP contribution in [-0.2, 0) is 13.1 Å². The fourth-order valence-corrected chi connectivity index (χ4v) is 24.4. The number of anilines is 6. The second-order valence-corrected chi connectivity index (χ2v) is 41.2. The van der Waals surface area contributed by atoms with Gasteiger partial charge in [-0.15, -0.1) is 0 Å². The van der Waals surface area contributed by atoms with Crippen LogP contribution >= 0.6 is 127 Å². The van der Waals surface area contributed by atoms with E-state index in [2.05, 4.69) is 122 Å². The molecule has 23 rings (SSSR count). The third-order valence-electron chi connectivity index (χ3n) is 26.0. The maximum Gasteiger partial charge on any atom is 0.355 e. The highest BCUT2D eigenvalue weighted by atomic mass is 35.5. The van der Waals surface area contributed by atoms with Crippen LogP contribution in [0.1, 0.15) is 111 Å². The Morgan fingerprint density at radius 1 is 0.453 bits per heavy atom. The van der Waals surface area contributed by atoms with Gasteiger partial charge in [0.15, 0.2) is 28.7 Å². The van der Waals surface area contributed by atoms with Gasteiger partial charge < -0.3 is 51.3 Å². The molecule has 5 saturated heterocycles. The summed E-state index contributed by atoms with van der Waals surface area (Å²) in [7, 11) is 0. The topological polar surface area (TPSA) is 261 Å². The molecule has 38 heteroatoms. The van der Waals surface area contributed by atoms with Crippen molar-refractivity contribution < 1.29 is 22.7 Å². The van der Waals surface area contributed by atoms with E-state index in [0.29, 0.717) is 94.6 Å². The zero-order valence-electron chi connectivity index (χ0n) is 76.4. The van der Waals surface area contributed by atoms with E-state index >= 15 is 13.2 Å². The van der Waals surface area contributed by atoms with Crippen LogP contribution in [0.5, 0.6) is 5.75 Å². The van der Waals surface area contributed by atoms with E-state index in [9.17, 15) is 14.3 Å². The second-order valence-electron chi connectivity index (χ2n) is 35.4. The first-order valence-electron chi connectivity index (χ1n) is 46.0. The summed E-state index contributed by atoms with van der Waals surface area (Å²) in [4.78, 5) is 56.2. The molecule has 7 aromatic carbocycles. The van der Waals surface area contributed by atoms with Crippen molar-refractivity contribution in [3.8, 4) is 67.6 Å². The van der Waals surface area contributed by atoms with E-state index in [-0.39, 0.29) is 67.5 Å². The number of aromatic nitrogens is 10. The molecule has 0 radical (unpaired) electrons. The number of phenols is 1. The first-order valence-corrected chi connectivity index (χ1v) is 51.7. The number of rotatable bonds is 12. The number of piperazine rings is 3. The molecule has 1 unspecified atom stereocenters. The third-order valence-corrected chi connectivity index (χ3v) is 31.8. The van der Waals surface area contributed by atoms with Gasteiger partial charge in [-0.05, 0) is 224 Å². The fourth-order valence-electron chi connectivity index (χ4n) is 19.0. The van der Waals surface area contributed by atoms with Crippen molar-refractivity contribution in [3.63, 3.8) is 0 Å². The Balaban J connectivity index is 0.000000112. The number of phenolic OH excluding ortho intramolecular Hbond substituents is 1. The second kappa shape index (κ2) is 41.9. The van der Waals surface area contributed by atoms with Gasteiger partial charge in [-0.25, -0.2) is 41.9 Å². The van der Waals surface area contributed by atoms with E-state index in [1.165, 1.54) is 87.3 Å². The van der Waals surface area contributed by atoms with Crippen LogP contribution in [0.15, 0.2) is 142 Å². The summed E-state index contributed by atoms with van der Waals surface area (Å²) in [5.41, 5.74) is 19.5. The molecule has 0 saturated carbocycles. The van der Waals surface area contributed by atoms with E-state index in [1.807, 2.05) is 75.7 Å². The lowest BCUT2D eigenvalue weighted by Crippen LogP contribution is -2.50. The van der Waals surface area contributed by atoms with Gasteiger partial charge in [-0.2, -0.15) is 22.5 Å². The van der Waals surface area contributed by atoms with Crippen molar-refractivity contribution in [2.45, 2.75) is 111 Å². The SMILES string of the molecule is CC(C)c1ccccc1-n1c(=O)nc(N2CCNC[C@@H]2C)c2cc(Cl)c(-c3c(O)cccc3F)nc21.Cc1ccc2c(c1-c1c(Cl)cc3c(N4CCNCC4)snc3c1F)C=NC2.Cc1ccc2c(c1-c1nc3nsc(N4CCNCC4C)c3cc1Cl)C=NC2.Fc1c(-c2ncccc2Cl)c(Cl)cc2c(N3CCCCC3)snc12.Nc1ccc(Cl)c(-c2c(Cl)cc3c(N4CCCCC4)snc3c2F)n1. The van der Waals surface area contributed by atoms with Crippen LogP contribution in [-0.4, -0.2) is 168 Å². The fraction of sp³-hybridized carbons (Fsp3) is 0.307. The van der Waals surface area contributed by atoms with Gasteiger partial charge in [0, 0.05) is 161 Å². The summed E-state index contributed by atoms with van der Waals surface area (Å²) in [5.74, 6) is -1.40. The van der Waals surface area contributed by atoms with Crippen molar-refractivity contribution in [3.05, 3.63) is 235 Å². The predicted octanol–water partition coefficient (Wildman–Crippen LogP) is 24.5. The number of nitrogens with one attached hydrogen (secondary N) is 3. The number of para-hydroxylation sites is 1. The number of hydrogen-bond donors (Lipinski definition) is 5. The maximum absolute atomic E-state index is 15.6. The van der Waals surface area contributed by atoms with E-state index in [1.54, 1.807) is 48.7 Å². The monoisotopic (exact) mass is 2080 g/mol. The average molecular weight is 2090 g/mol. The quantitative estimate of drug-likeness (QED) is 0.0712. The number of halogens is 11. The highest BCUT2D eigenvalue weighted by Crippen LogP contribution is 2.50. The Labute approximate surface area is 850 Å². The lowest BCUT2D eigenvalue weighted by molar-refractivity contribution is 0.471. The molecular weight excluding hydrogens is 1990 g/mol. The summed E-state index contributed by atoms with van der Waals surface area (Å²) in [6, 6.07) is 36.1. The van der Waals surface area contributed by atoms with Gasteiger partial charge in [0.05, 0.1) is 104 Å². The molecule has 0 spiro atoms. The minimum Gasteiger partial charge on any atom is -0.507 e. The Hall–Kier alpha value is -10.6. The predicted molar refractivity (Wildman–Crippen MR) is 568 cm³/mol. The van der Waals surface area contributed by atoms with Crippen LogP contribution in [0.2, 0.25) is 35.2 Å². The van der Waals surface area contributed by atoms with Crippen molar-refractivity contribution in [1.82, 2.24) is 62.9 Å². The molecule has 7 aliphatic rings. The summed E-state index contributed by atoms with van der Waals surface area (Å²) in [6.07, 6.45) is 12.4. The molecule has 7 aliphatic heterocycles. The standard InChI is InChI=1S/C27H27ClFN5O2.C20H18ClFN4S.C20H20ClN5S.C17H15Cl2FN4S.C17H14Cl2FN3S/c1-15(2)17-7-4-5-9-21(17)34-26-18(25(32-27(34)36)33-12-11-30-14-16(33)3)13-19(28)24(31-26)23-20(29)8-6-10-22(23)35;1-11-2-3-12-9-24-10-14(12)16(11)17-15(21)8-13-19(18(17)22)25-27-20(13)26-6-4-23-5-7-26;1-11-3-4-13-9-23-10-15(13)17(11)18-16(21)7-14-19(24-18)25-27-20(14)26-6-5-22-8-12(26)2;18-10-4-5-12(21)22-16(10)13-11(19)8-9-15(14(13)20)23-25-17(9)24-6-2-1-3-7-24;18-11-5-4-6-21-16(11)13-12(19)9-10-15(14(13)20)22-24-17(10)23-7-2-1-3-8-23/h4-10,13,15-16,30,35H,11-12,14H2,1-3H3;2-3,8,10,23H,4-7,9H2,1H3;3-4,7,10,12,22H,5-6,8-9H2,1-2H3;4-5,8H,1-3,6-7H2,(H2,21,22);4-6,9H,1-3,7-8H2/t16-;;;;/m0..../s1. The molecule has 716 valence electrons. The van der Waals surface area contributed by atoms with Crippen LogP contribution in [0, 0.1) is 37.1 Å². The first kappa shape index (κ1) is 97.2. The zero-order chi connectivity index (χ0) is 96.9. The summed E-state index contributed by atoms with van der Waals surface area (Å²) in [5, 5.41) is 31.1. The molecule has 2 atom stereocenters. The molecule has 16 heterocycles. The molecular formula is C101H94Cl7F4N21O2S4. The largest absolute Gasteiger partial charge is 0.507 e. The maximum atomic E-state index is 15.6. The third kappa shape index (κ3) is 19.3. The van der Waals surface area contributed by atoms with Gasteiger partial charge in [0.25, 0.3) is 0 Å². The molecule has 16 aromatic rings. The summed E-state index contributed by atoms with van der Waals surface area (Å²) in [6.45, 7) is 26.4. The number of pyridine rings is 4. The van der Waals surface area contributed by atoms with Crippen LogP contribution in [0.25, 0.3) is 117 Å². The highest BCUT2D eigenvalue weighted by Gasteiger charge is 2.34. The number of piperidine rings is 2. The highest BCUT2D eigenvalue weighted by molar-refractivity contribution is 7.13. The van der Waals surface area contributed by atoms with Crippen molar-refractivity contribution in [2.24, 2.45) is 9.98 Å².